The maximum Gasteiger partial charge on any atom is 0.303 e. The Hall–Kier alpha value is -0.790. The summed E-state index contributed by atoms with van der Waals surface area (Å²) in [5.41, 5.74) is 1.70. The first-order valence-corrected chi connectivity index (χ1v) is 14.6. The molecule has 0 heterocycles. The first-order valence-electron chi connectivity index (χ1n) is 14.6. The highest BCUT2D eigenvalue weighted by molar-refractivity contribution is 5.66. The standard InChI is InChI=1S/C30H58O2/c1-3-5-7-8-9-10-11-12-13-14-15-16-18-22-26-29(25-21-6-4-2)27-23-19-17-20-24-28-30(31)32/h25H,3-24,26-28H2,1-2H3,(H,31,32)/b29-25-. The van der Waals surface area contributed by atoms with E-state index in [0.29, 0.717) is 6.42 Å². The van der Waals surface area contributed by atoms with Crippen LogP contribution in [0.2, 0.25) is 0 Å². The minimum atomic E-state index is -0.653. The number of carboxylic acid groups (broad SMARTS) is 1. The molecule has 0 atom stereocenters. The van der Waals surface area contributed by atoms with Crippen LogP contribution in [0.3, 0.4) is 0 Å². The van der Waals surface area contributed by atoms with Gasteiger partial charge in [-0.25, -0.2) is 0 Å². The fourth-order valence-electron chi connectivity index (χ4n) is 4.54. The predicted molar refractivity (Wildman–Crippen MR) is 142 cm³/mol. The molecule has 0 radical (unpaired) electrons. The van der Waals surface area contributed by atoms with E-state index in [4.69, 9.17) is 5.11 Å². The number of rotatable bonds is 26. The van der Waals surface area contributed by atoms with E-state index in [1.807, 2.05) is 0 Å². The molecule has 2 heteroatoms. The normalized spacial score (nSPS) is 11.9. The fraction of sp³-hybridized carbons (Fsp3) is 0.900. The van der Waals surface area contributed by atoms with Crippen LogP contribution in [0.15, 0.2) is 11.6 Å². The molecule has 0 aliphatic rings. The van der Waals surface area contributed by atoms with Crippen LogP contribution in [0.4, 0.5) is 0 Å². The number of hydrogen-bond acceptors (Lipinski definition) is 1. The van der Waals surface area contributed by atoms with E-state index in [1.165, 1.54) is 141 Å². The second-order valence-electron chi connectivity index (χ2n) is 10.0. The van der Waals surface area contributed by atoms with Gasteiger partial charge in [0.05, 0.1) is 0 Å². The van der Waals surface area contributed by atoms with Gasteiger partial charge in [-0.1, -0.05) is 141 Å². The zero-order valence-corrected chi connectivity index (χ0v) is 22.1. The number of carboxylic acids is 1. The lowest BCUT2D eigenvalue weighted by molar-refractivity contribution is -0.137. The van der Waals surface area contributed by atoms with Crippen molar-refractivity contribution in [2.75, 3.05) is 0 Å². The van der Waals surface area contributed by atoms with Crippen LogP contribution in [0.5, 0.6) is 0 Å². The molecule has 0 spiro atoms. The lowest BCUT2D eigenvalue weighted by Gasteiger charge is -2.09. The number of aliphatic carboxylic acids is 1. The molecule has 0 aliphatic heterocycles. The Bertz CT molecular complexity index is 413. The predicted octanol–water partition coefficient (Wildman–Crippen LogP) is 10.8. The summed E-state index contributed by atoms with van der Waals surface area (Å²) < 4.78 is 0. The maximum absolute atomic E-state index is 10.6. The lowest BCUT2D eigenvalue weighted by Crippen LogP contribution is -1.93. The summed E-state index contributed by atoms with van der Waals surface area (Å²) in [6.07, 6.45) is 34.9. The minimum Gasteiger partial charge on any atom is -0.481 e. The highest BCUT2D eigenvalue weighted by Gasteiger charge is 2.01. The van der Waals surface area contributed by atoms with Crippen molar-refractivity contribution in [3.63, 3.8) is 0 Å². The molecule has 0 aliphatic carbocycles. The van der Waals surface area contributed by atoms with E-state index in [-0.39, 0.29) is 0 Å². The largest absolute Gasteiger partial charge is 0.481 e. The van der Waals surface area contributed by atoms with Gasteiger partial charge in [-0.15, -0.1) is 0 Å². The average Bonchev–Trinajstić information content (AvgIpc) is 2.78. The second kappa shape index (κ2) is 26.5. The van der Waals surface area contributed by atoms with Gasteiger partial charge in [0, 0.05) is 6.42 Å². The molecule has 0 bridgehead atoms. The van der Waals surface area contributed by atoms with E-state index in [1.54, 1.807) is 5.57 Å². The minimum absolute atomic E-state index is 0.335. The van der Waals surface area contributed by atoms with Crippen molar-refractivity contribution in [3.8, 4) is 0 Å². The molecule has 0 amide bonds. The molecule has 0 aromatic carbocycles. The Balaban J connectivity index is 3.63. The van der Waals surface area contributed by atoms with Crippen LogP contribution in [0, 0.1) is 0 Å². The van der Waals surface area contributed by atoms with Crippen molar-refractivity contribution in [1.82, 2.24) is 0 Å². The van der Waals surface area contributed by atoms with Crippen molar-refractivity contribution < 1.29 is 9.90 Å². The maximum atomic E-state index is 10.6. The average molecular weight is 451 g/mol. The van der Waals surface area contributed by atoms with Crippen LogP contribution in [-0.2, 0) is 4.79 Å². The molecule has 2 nitrogen and oxygen atoms in total. The van der Waals surface area contributed by atoms with Crippen molar-refractivity contribution >= 4 is 5.97 Å². The number of unbranched alkanes of at least 4 members (excludes halogenated alkanes) is 19. The molecular formula is C30H58O2. The Labute approximate surface area is 202 Å². The van der Waals surface area contributed by atoms with Gasteiger partial charge in [0.2, 0.25) is 0 Å². The summed E-state index contributed by atoms with van der Waals surface area (Å²) in [6, 6.07) is 0. The van der Waals surface area contributed by atoms with E-state index in [0.717, 1.165) is 12.8 Å². The zero-order valence-electron chi connectivity index (χ0n) is 22.1. The zero-order chi connectivity index (χ0) is 23.5. The van der Waals surface area contributed by atoms with Gasteiger partial charge >= 0.3 is 5.97 Å². The quantitative estimate of drug-likeness (QED) is 0.105. The third-order valence-electron chi connectivity index (χ3n) is 6.73. The van der Waals surface area contributed by atoms with Crippen molar-refractivity contribution in [2.45, 2.75) is 174 Å². The SMILES string of the molecule is CCCC/C=C(/CCCCCCCCCCCCCCCC)CCCCCCCC(=O)O. The van der Waals surface area contributed by atoms with Crippen molar-refractivity contribution in [1.29, 1.82) is 0 Å². The van der Waals surface area contributed by atoms with Crippen LogP contribution in [0.25, 0.3) is 0 Å². The molecule has 0 saturated carbocycles. The third-order valence-corrected chi connectivity index (χ3v) is 6.73. The summed E-state index contributed by atoms with van der Waals surface area (Å²) in [5.74, 6) is -0.653. The van der Waals surface area contributed by atoms with Crippen LogP contribution in [0.1, 0.15) is 174 Å². The van der Waals surface area contributed by atoms with Gasteiger partial charge < -0.3 is 5.11 Å². The molecule has 0 unspecified atom stereocenters. The topological polar surface area (TPSA) is 37.3 Å². The van der Waals surface area contributed by atoms with E-state index in [2.05, 4.69) is 19.9 Å². The van der Waals surface area contributed by atoms with Gasteiger partial charge in [-0.2, -0.15) is 0 Å². The van der Waals surface area contributed by atoms with Crippen molar-refractivity contribution in [2.24, 2.45) is 0 Å². The summed E-state index contributed by atoms with van der Waals surface area (Å²) in [7, 11) is 0. The summed E-state index contributed by atoms with van der Waals surface area (Å²) in [4.78, 5) is 10.6. The first kappa shape index (κ1) is 31.2. The lowest BCUT2D eigenvalue weighted by atomic mass is 9.98. The number of carbonyl (C=O) groups is 1. The Kier molecular flexibility index (Phi) is 25.8. The highest BCUT2D eigenvalue weighted by Crippen LogP contribution is 2.20. The first-order chi connectivity index (χ1) is 15.7. The van der Waals surface area contributed by atoms with Gasteiger partial charge in [0.1, 0.15) is 0 Å². The molecule has 0 aromatic heterocycles. The molecule has 1 N–H and O–H groups in total. The van der Waals surface area contributed by atoms with Gasteiger partial charge in [0.15, 0.2) is 0 Å². The van der Waals surface area contributed by atoms with Gasteiger partial charge in [-0.3, -0.25) is 4.79 Å². The van der Waals surface area contributed by atoms with E-state index >= 15 is 0 Å². The Morgan fingerprint density at radius 1 is 0.500 bits per heavy atom. The van der Waals surface area contributed by atoms with Gasteiger partial charge in [0.25, 0.3) is 0 Å². The fourth-order valence-corrected chi connectivity index (χ4v) is 4.54. The molecule has 32 heavy (non-hydrogen) atoms. The summed E-state index contributed by atoms with van der Waals surface area (Å²) in [6.45, 7) is 4.57. The second-order valence-corrected chi connectivity index (χ2v) is 10.0. The Morgan fingerprint density at radius 2 is 0.844 bits per heavy atom. The molecular weight excluding hydrogens is 392 g/mol. The summed E-state index contributed by atoms with van der Waals surface area (Å²) >= 11 is 0. The smallest absolute Gasteiger partial charge is 0.303 e. The molecule has 0 fully saturated rings. The van der Waals surface area contributed by atoms with Crippen molar-refractivity contribution in [3.05, 3.63) is 11.6 Å². The molecule has 0 saturated heterocycles. The molecule has 0 aromatic rings. The highest BCUT2D eigenvalue weighted by atomic mass is 16.4. The van der Waals surface area contributed by atoms with Crippen LogP contribution in [-0.4, -0.2) is 11.1 Å². The molecule has 190 valence electrons. The van der Waals surface area contributed by atoms with Crippen LogP contribution < -0.4 is 0 Å². The van der Waals surface area contributed by atoms with Crippen LogP contribution >= 0.6 is 0 Å². The number of allylic oxidation sites excluding steroid dienone is 2. The number of hydrogen-bond donors (Lipinski definition) is 1. The van der Waals surface area contributed by atoms with Gasteiger partial charge in [-0.05, 0) is 38.5 Å². The van der Waals surface area contributed by atoms with E-state index in [9.17, 15) is 4.79 Å². The molecule has 0 rings (SSSR count). The third kappa shape index (κ3) is 25.5. The monoisotopic (exact) mass is 450 g/mol. The van der Waals surface area contributed by atoms with E-state index < -0.39 is 5.97 Å². The summed E-state index contributed by atoms with van der Waals surface area (Å²) in [5, 5.41) is 8.71. The Morgan fingerprint density at radius 3 is 1.22 bits per heavy atom.